The Morgan fingerprint density at radius 2 is 2.31 bits per heavy atom. The first kappa shape index (κ1) is 10.9. The zero-order valence-corrected chi connectivity index (χ0v) is 9.51. The number of hydrogen-bond donors (Lipinski definition) is 0. The van der Waals surface area contributed by atoms with Crippen molar-refractivity contribution in [2.24, 2.45) is 5.92 Å². The summed E-state index contributed by atoms with van der Waals surface area (Å²) in [6, 6.07) is 0. The van der Waals surface area contributed by atoms with E-state index in [2.05, 4.69) is 26.5 Å². The third-order valence-electron chi connectivity index (χ3n) is 2.78. The van der Waals surface area contributed by atoms with Gasteiger partial charge in [-0.05, 0) is 12.3 Å². The summed E-state index contributed by atoms with van der Waals surface area (Å²) >= 11 is 0. The van der Waals surface area contributed by atoms with Gasteiger partial charge in [-0.25, -0.2) is 14.8 Å². The molecule has 0 amide bonds. The molecule has 16 heavy (non-hydrogen) atoms. The average molecular weight is 221 g/mol. The van der Waals surface area contributed by atoms with E-state index in [1.807, 2.05) is 0 Å². The van der Waals surface area contributed by atoms with Crippen molar-refractivity contribution in [3.05, 3.63) is 18.1 Å². The smallest absolute Gasteiger partial charge is 0.358 e. The van der Waals surface area contributed by atoms with Gasteiger partial charge in [-0.15, -0.1) is 0 Å². The summed E-state index contributed by atoms with van der Waals surface area (Å²) in [5.41, 5.74) is 0.249. The molecule has 0 aliphatic carbocycles. The minimum atomic E-state index is -0.450. The highest BCUT2D eigenvalue weighted by molar-refractivity contribution is 5.86. The van der Waals surface area contributed by atoms with Gasteiger partial charge < -0.3 is 9.64 Å². The number of methoxy groups -OCH3 is 1. The van der Waals surface area contributed by atoms with Gasteiger partial charge in [-0.1, -0.05) is 6.92 Å². The standard InChI is InChI=1S/C11H15N3O2/c1-8-3-4-14(7-8)10-6-12-9(5-13-10)11(15)16-2/h5-6,8H,3-4,7H2,1-2H3. The van der Waals surface area contributed by atoms with Crippen LogP contribution in [0.2, 0.25) is 0 Å². The first-order valence-electron chi connectivity index (χ1n) is 5.36. The summed E-state index contributed by atoms with van der Waals surface area (Å²) in [5, 5.41) is 0. The molecule has 86 valence electrons. The number of rotatable bonds is 2. The lowest BCUT2D eigenvalue weighted by atomic mass is 10.2. The number of anilines is 1. The van der Waals surface area contributed by atoms with E-state index in [0.29, 0.717) is 5.92 Å². The van der Waals surface area contributed by atoms with Crippen LogP contribution < -0.4 is 4.90 Å². The zero-order valence-electron chi connectivity index (χ0n) is 9.51. The minimum absolute atomic E-state index is 0.249. The lowest BCUT2D eigenvalue weighted by Crippen LogP contribution is -2.21. The number of esters is 1. The molecule has 5 heteroatoms. The van der Waals surface area contributed by atoms with E-state index in [9.17, 15) is 4.79 Å². The van der Waals surface area contributed by atoms with Gasteiger partial charge >= 0.3 is 5.97 Å². The van der Waals surface area contributed by atoms with E-state index in [0.717, 1.165) is 18.9 Å². The summed E-state index contributed by atoms with van der Waals surface area (Å²) in [7, 11) is 1.33. The molecule has 1 unspecified atom stereocenters. The molecule has 1 aromatic rings. The second-order valence-electron chi connectivity index (χ2n) is 4.09. The SMILES string of the molecule is COC(=O)c1cnc(N2CCC(C)C2)cn1. The Morgan fingerprint density at radius 1 is 1.50 bits per heavy atom. The van der Waals surface area contributed by atoms with Gasteiger partial charge in [-0.3, -0.25) is 0 Å². The van der Waals surface area contributed by atoms with Crippen molar-refractivity contribution in [1.82, 2.24) is 9.97 Å². The van der Waals surface area contributed by atoms with Crippen molar-refractivity contribution in [3.63, 3.8) is 0 Å². The number of nitrogens with zero attached hydrogens (tertiary/aromatic N) is 3. The Balaban J connectivity index is 2.10. The van der Waals surface area contributed by atoms with Crippen molar-refractivity contribution in [1.29, 1.82) is 0 Å². The van der Waals surface area contributed by atoms with E-state index in [1.165, 1.54) is 19.7 Å². The molecule has 2 heterocycles. The Hall–Kier alpha value is -1.65. The van der Waals surface area contributed by atoms with Crippen LogP contribution in [-0.2, 0) is 4.74 Å². The van der Waals surface area contributed by atoms with Gasteiger partial charge in [0, 0.05) is 13.1 Å². The fourth-order valence-corrected chi connectivity index (χ4v) is 1.84. The van der Waals surface area contributed by atoms with Crippen LogP contribution in [0.25, 0.3) is 0 Å². The maximum atomic E-state index is 11.2. The van der Waals surface area contributed by atoms with Gasteiger partial charge in [0.25, 0.3) is 0 Å². The summed E-state index contributed by atoms with van der Waals surface area (Å²) < 4.78 is 4.56. The van der Waals surface area contributed by atoms with Gasteiger partial charge in [0.05, 0.1) is 19.5 Å². The van der Waals surface area contributed by atoms with Crippen molar-refractivity contribution >= 4 is 11.8 Å². The molecule has 1 fully saturated rings. The van der Waals surface area contributed by atoms with Crippen LogP contribution in [0.1, 0.15) is 23.8 Å². The van der Waals surface area contributed by atoms with Crippen molar-refractivity contribution in [3.8, 4) is 0 Å². The highest BCUT2D eigenvalue weighted by Gasteiger charge is 2.20. The number of aromatic nitrogens is 2. The van der Waals surface area contributed by atoms with Crippen LogP contribution in [0.5, 0.6) is 0 Å². The third-order valence-corrected chi connectivity index (χ3v) is 2.78. The van der Waals surface area contributed by atoms with Gasteiger partial charge in [0.15, 0.2) is 5.69 Å². The van der Waals surface area contributed by atoms with Crippen LogP contribution in [0, 0.1) is 5.92 Å². The number of carbonyl (C=O) groups excluding carboxylic acids is 1. The molecule has 0 radical (unpaired) electrons. The Bertz CT molecular complexity index is 377. The molecule has 1 aliphatic rings. The number of hydrogen-bond acceptors (Lipinski definition) is 5. The largest absolute Gasteiger partial charge is 0.464 e. The molecule has 0 saturated carbocycles. The number of ether oxygens (including phenoxy) is 1. The molecule has 1 atom stereocenters. The van der Waals surface area contributed by atoms with Crippen molar-refractivity contribution < 1.29 is 9.53 Å². The second kappa shape index (κ2) is 4.47. The monoisotopic (exact) mass is 221 g/mol. The van der Waals surface area contributed by atoms with Crippen LogP contribution in [-0.4, -0.2) is 36.1 Å². The molecule has 1 aliphatic heterocycles. The van der Waals surface area contributed by atoms with Gasteiger partial charge in [0.1, 0.15) is 5.82 Å². The number of carbonyl (C=O) groups is 1. The molecule has 0 spiro atoms. The first-order valence-corrected chi connectivity index (χ1v) is 5.36. The van der Waals surface area contributed by atoms with E-state index in [4.69, 9.17) is 0 Å². The molecule has 0 N–H and O–H groups in total. The second-order valence-corrected chi connectivity index (χ2v) is 4.09. The normalized spacial score (nSPS) is 19.9. The molecule has 0 bridgehead atoms. The van der Waals surface area contributed by atoms with Crippen molar-refractivity contribution in [2.45, 2.75) is 13.3 Å². The maximum Gasteiger partial charge on any atom is 0.358 e. The third kappa shape index (κ3) is 2.13. The summed E-state index contributed by atoms with van der Waals surface area (Å²) in [4.78, 5) is 21.6. The van der Waals surface area contributed by atoms with Crippen molar-refractivity contribution in [2.75, 3.05) is 25.1 Å². The molecule has 2 rings (SSSR count). The van der Waals surface area contributed by atoms with Crippen LogP contribution in [0.3, 0.4) is 0 Å². The highest BCUT2D eigenvalue weighted by Crippen LogP contribution is 2.20. The predicted octanol–water partition coefficient (Wildman–Crippen LogP) is 1.11. The molecule has 1 saturated heterocycles. The molecule has 5 nitrogen and oxygen atoms in total. The molecular formula is C11H15N3O2. The zero-order chi connectivity index (χ0) is 11.5. The van der Waals surface area contributed by atoms with E-state index in [1.54, 1.807) is 6.20 Å². The fraction of sp³-hybridized carbons (Fsp3) is 0.545. The van der Waals surface area contributed by atoms with Crippen LogP contribution in [0.15, 0.2) is 12.4 Å². The average Bonchev–Trinajstić information content (AvgIpc) is 2.75. The van der Waals surface area contributed by atoms with E-state index >= 15 is 0 Å². The summed E-state index contributed by atoms with van der Waals surface area (Å²) in [5.74, 6) is 1.08. The Labute approximate surface area is 94.5 Å². The van der Waals surface area contributed by atoms with Gasteiger partial charge in [0.2, 0.25) is 0 Å². The van der Waals surface area contributed by atoms with Gasteiger partial charge in [-0.2, -0.15) is 0 Å². The molecule has 1 aromatic heterocycles. The lowest BCUT2D eigenvalue weighted by molar-refractivity contribution is 0.0593. The first-order chi connectivity index (χ1) is 7.70. The van der Waals surface area contributed by atoms with E-state index in [-0.39, 0.29) is 5.69 Å². The quantitative estimate of drug-likeness (QED) is 0.700. The fourth-order valence-electron chi connectivity index (χ4n) is 1.84. The minimum Gasteiger partial charge on any atom is -0.464 e. The lowest BCUT2D eigenvalue weighted by Gasteiger charge is -2.16. The Morgan fingerprint density at radius 3 is 2.81 bits per heavy atom. The summed E-state index contributed by atoms with van der Waals surface area (Å²) in [6.45, 7) is 4.23. The Kier molecular flexibility index (Phi) is 3.03. The van der Waals surface area contributed by atoms with Crippen LogP contribution in [0.4, 0.5) is 5.82 Å². The summed E-state index contributed by atoms with van der Waals surface area (Å²) in [6.07, 6.45) is 4.27. The molecular weight excluding hydrogens is 206 g/mol. The topological polar surface area (TPSA) is 55.3 Å². The molecule has 0 aromatic carbocycles. The highest BCUT2D eigenvalue weighted by atomic mass is 16.5. The van der Waals surface area contributed by atoms with Crippen LogP contribution >= 0.6 is 0 Å². The maximum absolute atomic E-state index is 11.2. The van der Waals surface area contributed by atoms with E-state index < -0.39 is 5.97 Å². The predicted molar refractivity (Wildman–Crippen MR) is 59.4 cm³/mol.